The molecular weight excluding hydrogens is 236 g/mol. The van der Waals surface area contributed by atoms with Gasteiger partial charge in [-0.2, -0.15) is 0 Å². The molecule has 3 rings (SSSR count). The Bertz CT molecular complexity index is 370. The summed E-state index contributed by atoms with van der Waals surface area (Å²) in [5.74, 6) is 0.738. The summed E-state index contributed by atoms with van der Waals surface area (Å²) in [5, 5.41) is 3.55. The van der Waals surface area contributed by atoms with Crippen molar-refractivity contribution in [3.05, 3.63) is 0 Å². The monoisotopic (exact) mass is 258 g/mol. The second-order valence-electron chi connectivity index (χ2n) is 5.81. The van der Waals surface area contributed by atoms with Crippen molar-refractivity contribution in [2.45, 2.75) is 50.2 Å². The average Bonchev–Trinajstić information content (AvgIpc) is 3.06. The fourth-order valence-corrected chi connectivity index (χ4v) is 4.82. The van der Waals surface area contributed by atoms with Crippen LogP contribution in [0.15, 0.2) is 0 Å². The van der Waals surface area contributed by atoms with Gasteiger partial charge in [-0.25, -0.2) is 8.42 Å². The summed E-state index contributed by atoms with van der Waals surface area (Å²) in [6.07, 6.45) is 5.96. The molecule has 2 aliphatic heterocycles. The highest BCUT2D eigenvalue weighted by atomic mass is 32.2. The molecule has 0 amide bonds. The van der Waals surface area contributed by atoms with Crippen LogP contribution in [-0.2, 0) is 9.84 Å². The molecule has 17 heavy (non-hydrogen) atoms. The van der Waals surface area contributed by atoms with Crippen LogP contribution in [0.5, 0.6) is 0 Å². The molecule has 1 unspecified atom stereocenters. The Balaban J connectivity index is 1.44. The van der Waals surface area contributed by atoms with Gasteiger partial charge in [-0.1, -0.05) is 0 Å². The first-order valence-corrected chi connectivity index (χ1v) is 8.65. The largest absolute Gasteiger partial charge is 0.310 e. The molecule has 98 valence electrons. The van der Waals surface area contributed by atoms with Crippen LogP contribution in [0.3, 0.4) is 0 Å². The molecule has 3 aliphatic rings. The number of nitrogens with one attached hydrogen (secondary N) is 1. The van der Waals surface area contributed by atoms with Crippen LogP contribution in [0.4, 0.5) is 0 Å². The van der Waals surface area contributed by atoms with Gasteiger partial charge in [0, 0.05) is 18.1 Å². The van der Waals surface area contributed by atoms with Crippen LogP contribution >= 0.6 is 0 Å². The van der Waals surface area contributed by atoms with Gasteiger partial charge in [-0.05, 0) is 45.2 Å². The standard InChI is InChI=1S/C12H22N2O2S/c15-17(16)8-5-11(9-17)13-10-3-6-14(7-4-10)12-1-2-12/h10-13H,1-9H2. The highest BCUT2D eigenvalue weighted by Crippen LogP contribution is 2.29. The van der Waals surface area contributed by atoms with Crippen LogP contribution in [0.25, 0.3) is 0 Å². The molecule has 1 saturated carbocycles. The molecule has 3 fully saturated rings. The quantitative estimate of drug-likeness (QED) is 0.795. The van der Waals surface area contributed by atoms with Crippen molar-refractivity contribution in [3.63, 3.8) is 0 Å². The molecule has 1 N–H and O–H groups in total. The van der Waals surface area contributed by atoms with Gasteiger partial charge < -0.3 is 10.2 Å². The smallest absolute Gasteiger partial charge is 0.151 e. The van der Waals surface area contributed by atoms with Crippen molar-refractivity contribution in [2.75, 3.05) is 24.6 Å². The van der Waals surface area contributed by atoms with Crippen LogP contribution < -0.4 is 5.32 Å². The van der Waals surface area contributed by atoms with Gasteiger partial charge in [0.2, 0.25) is 0 Å². The number of hydrogen-bond donors (Lipinski definition) is 1. The summed E-state index contributed by atoms with van der Waals surface area (Å²) < 4.78 is 22.8. The SMILES string of the molecule is O=S1(=O)CCC(NC2CCN(C3CC3)CC2)C1. The first-order chi connectivity index (χ1) is 8.12. The van der Waals surface area contributed by atoms with Crippen molar-refractivity contribution >= 4 is 9.84 Å². The Labute approximate surface area is 104 Å². The lowest BCUT2D eigenvalue weighted by atomic mass is 10.0. The summed E-state index contributed by atoms with van der Waals surface area (Å²) in [4.78, 5) is 2.60. The number of nitrogens with zero attached hydrogens (tertiary/aromatic N) is 1. The van der Waals surface area contributed by atoms with Crippen LogP contribution in [0.2, 0.25) is 0 Å². The molecule has 0 aromatic rings. The van der Waals surface area contributed by atoms with Gasteiger partial charge in [0.05, 0.1) is 11.5 Å². The number of likely N-dealkylation sites (tertiary alicyclic amines) is 1. The molecule has 0 aromatic carbocycles. The molecule has 1 aliphatic carbocycles. The van der Waals surface area contributed by atoms with E-state index in [4.69, 9.17) is 0 Å². The first-order valence-electron chi connectivity index (χ1n) is 6.83. The van der Waals surface area contributed by atoms with E-state index in [9.17, 15) is 8.42 Å². The molecule has 2 heterocycles. The van der Waals surface area contributed by atoms with Gasteiger partial charge in [0.15, 0.2) is 9.84 Å². The molecule has 0 radical (unpaired) electrons. The van der Waals surface area contributed by atoms with Crippen LogP contribution in [0, 0.1) is 0 Å². The van der Waals surface area contributed by atoms with Gasteiger partial charge in [0.25, 0.3) is 0 Å². The second-order valence-corrected chi connectivity index (χ2v) is 8.04. The van der Waals surface area contributed by atoms with Crippen molar-refractivity contribution in [3.8, 4) is 0 Å². The minimum atomic E-state index is -2.73. The number of rotatable bonds is 3. The highest BCUT2D eigenvalue weighted by molar-refractivity contribution is 7.91. The third kappa shape index (κ3) is 3.01. The number of hydrogen-bond acceptors (Lipinski definition) is 4. The Morgan fingerprint density at radius 2 is 1.65 bits per heavy atom. The fraction of sp³-hybridized carbons (Fsp3) is 1.00. The summed E-state index contributed by atoms with van der Waals surface area (Å²) in [6.45, 7) is 2.39. The Morgan fingerprint density at radius 3 is 2.18 bits per heavy atom. The maximum absolute atomic E-state index is 11.4. The number of sulfone groups is 1. The van der Waals surface area contributed by atoms with Crippen molar-refractivity contribution in [1.82, 2.24) is 10.2 Å². The summed E-state index contributed by atoms with van der Waals surface area (Å²) in [7, 11) is -2.73. The summed E-state index contributed by atoms with van der Waals surface area (Å²) >= 11 is 0. The topological polar surface area (TPSA) is 49.4 Å². The average molecular weight is 258 g/mol. The zero-order valence-electron chi connectivity index (χ0n) is 10.3. The van der Waals surface area contributed by atoms with E-state index in [0.717, 1.165) is 12.5 Å². The minimum absolute atomic E-state index is 0.220. The van der Waals surface area contributed by atoms with Crippen molar-refractivity contribution < 1.29 is 8.42 Å². The molecule has 0 bridgehead atoms. The van der Waals surface area contributed by atoms with E-state index in [1.165, 1.54) is 38.8 Å². The lowest BCUT2D eigenvalue weighted by molar-refractivity contribution is 0.184. The predicted molar refractivity (Wildman–Crippen MR) is 67.8 cm³/mol. The van der Waals surface area contributed by atoms with Gasteiger partial charge in [-0.3, -0.25) is 0 Å². The minimum Gasteiger partial charge on any atom is -0.310 e. The maximum atomic E-state index is 11.4. The summed E-state index contributed by atoms with van der Waals surface area (Å²) in [6, 6.07) is 1.64. The molecule has 5 heteroatoms. The van der Waals surface area contributed by atoms with E-state index in [1.807, 2.05) is 0 Å². The third-order valence-electron chi connectivity index (χ3n) is 4.30. The zero-order valence-corrected chi connectivity index (χ0v) is 11.1. The maximum Gasteiger partial charge on any atom is 0.151 e. The van der Waals surface area contributed by atoms with Crippen LogP contribution in [0.1, 0.15) is 32.1 Å². The predicted octanol–water partition coefficient (Wildman–Crippen LogP) is 0.390. The van der Waals surface area contributed by atoms with Crippen LogP contribution in [-0.4, -0.2) is 56.0 Å². The van der Waals surface area contributed by atoms with Gasteiger partial charge in [0.1, 0.15) is 0 Å². The third-order valence-corrected chi connectivity index (χ3v) is 6.06. The van der Waals surface area contributed by atoms with Crippen molar-refractivity contribution in [2.24, 2.45) is 0 Å². The lowest BCUT2D eigenvalue weighted by Crippen LogP contribution is -2.47. The molecule has 4 nitrogen and oxygen atoms in total. The second kappa shape index (κ2) is 4.52. The summed E-state index contributed by atoms with van der Waals surface area (Å²) in [5.41, 5.74) is 0. The molecule has 0 spiro atoms. The van der Waals surface area contributed by atoms with E-state index in [-0.39, 0.29) is 6.04 Å². The Morgan fingerprint density at radius 1 is 0.941 bits per heavy atom. The van der Waals surface area contributed by atoms with E-state index >= 15 is 0 Å². The van der Waals surface area contributed by atoms with E-state index in [0.29, 0.717) is 17.5 Å². The zero-order chi connectivity index (χ0) is 11.9. The molecule has 1 atom stereocenters. The molecule has 0 aromatic heterocycles. The van der Waals surface area contributed by atoms with Crippen molar-refractivity contribution in [1.29, 1.82) is 0 Å². The van der Waals surface area contributed by atoms with Gasteiger partial charge >= 0.3 is 0 Å². The fourth-order valence-electron chi connectivity index (χ4n) is 3.13. The molecular formula is C12H22N2O2S. The van der Waals surface area contributed by atoms with E-state index < -0.39 is 9.84 Å². The van der Waals surface area contributed by atoms with E-state index in [2.05, 4.69) is 10.2 Å². The highest BCUT2D eigenvalue weighted by Gasteiger charge is 2.34. The first kappa shape index (κ1) is 11.9. The Hall–Kier alpha value is -0.130. The lowest BCUT2D eigenvalue weighted by Gasteiger charge is -2.33. The Kier molecular flexibility index (Phi) is 3.17. The number of piperidine rings is 1. The normalized spacial score (nSPS) is 35.2. The molecule has 2 saturated heterocycles. The van der Waals surface area contributed by atoms with Gasteiger partial charge in [-0.15, -0.1) is 0 Å². The van der Waals surface area contributed by atoms with E-state index in [1.54, 1.807) is 0 Å².